The van der Waals surface area contributed by atoms with Gasteiger partial charge in [0.25, 0.3) is 5.56 Å². The van der Waals surface area contributed by atoms with E-state index in [1.165, 1.54) is 12.2 Å². The highest BCUT2D eigenvalue weighted by Crippen LogP contribution is 1.99. The van der Waals surface area contributed by atoms with Gasteiger partial charge in [-0.05, 0) is 6.08 Å². The van der Waals surface area contributed by atoms with Crippen LogP contribution in [0.4, 0.5) is 0 Å². The first-order chi connectivity index (χ1) is 5.69. The molecule has 0 aliphatic rings. The Hall–Kier alpha value is -1.84. The van der Waals surface area contributed by atoms with Crippen molar-refractivity contribution in [2.24, 2.45) is 0 Å². The summed E-state index contributed by atoms with van der Waals surface area (Å²) in [6.45, 7) is 6.89. The minimum atomic E-state index is -0.541. The standard InChI is InChI=1S/C8H8N2O2/c1-3-5-6(4-2)9-8(12)10-7(5)11/h3-4H,1-2H2,(H2,9,10,11,12). The molecule has 62 valence electrons. The molecule has 0 spiro atoms. The van der Waals surface area contributed by atoms with Crippen LogP contribution in [0.1, 0.15) is 11.3 Å². The summed E-state index contributed by atoms with van der Waals surface area (Å²) in [7, 11) is 0. The maximum Gasteiger partial charge on any atom is 0.326 e. The lowest BCUT2D eigenvalue weighted by Gasteiger charge is -1.96. The topological polar surface area (TPSA) is 65.7 Å². The van der Waals surface area contributed by atoms with E-state index in [2.05, 4.69) is 23.1 Å². The van der Waals surface area contributed by atoms with Gasteiger partial charge in [0.1, 0.15) is 0 Å². The van der Waals surface area contributed by atoms with E-state index in [-0.39, 0.29) is 0 Å². The lowest BCUT2D eigenvalue weighted by atomic mass is 10.2. The monoisotopic (exact) mass is 164 g/mol. The molecule has 1 heterocycles. The largest absolute Gasteiger partial charge is 0.326 e. The summed E-state index contributed by atoms with van der Waals surface area (Å²) in [5.74, 6) is 0. The van der Waals surface area contributed by atoms with E-state index >= 15 is 0 Å². The van der Waals surface area contributed by atoms with E-state index in [4.69, 9.17) is 0 Å². The SMILES string of the molecule is C=Cc1[nH]c(=O)[nH]c(=O)c1C=C. The van der Waals surface area contributed by atoms with Crippen molar-refractivity contribution in [1.29, 1.82) is 0 Å². The first kappa shape index (κ1) is 8.26. The van der Waals surface area contributed by atoms with Crippen molar-refractivity contribution < 1.29 is 0 Å². The average Bonchev–Trinajstić information content (AvgIpc) is 2.03. The fourth-order valence-corrected chi connectivity index (χ4v) is 0.877. The highest BCUT2D eigenvalue weighted by atomic mass is 16.2. The molecular weight excluding hydrogens is 156 g/mol. The number of aromatic nitrogens is 2. The number of rotatable bonds is 2. The fraction of sp³-hybridized carbons (Fsp3) is 0. The third-order valence-corrected chi connectivity index (χ3v) is 1.42. The molecular formula is C8H8N2O2. The Morgan fingerprint density at radius 3 is 2.25 bits per heavy atom. The molecule has 0 saturated heterocycles. The van der Waals surface area contributed by atoms with Crippen LogP contribution in [-0.2, 0) is 0 Å². The molecule has 1 rings (SSSR count). The Morgan fingerprint density at radius 2 is 1.75 bits per heavy atom. The van der Waals surface area contributed by atoms with Gasteiger partial charge in [0.05, 0.1) is 11.3 Å². The Morgan fingerprint density at radius 1 is 1.08 bits per heavy atom. The van der Waals surface area contributed by atoms with Crippen LogP contribution in [0.15, 0.2) is 22.7 Å². The summed E-state index contributed by atoms with van der Waals surface area (Å²) >= 11 is 0. The van der Waals surface area contributed by atoms with Gasteiger partial charge in [-0.25, -0.2) is 4.79 Å². The van der Waals surface area contributed by atoms with Crippen LogP contribution in [0, 0.1) is 0 Å². The van der Waals surface area contributed by atoms with Crippen LogP contribution in [0.2, 0.25) is 0 Å². The van der Waals surface area contributed by atoms with Crippen LogP contribution in [0.25, 0.3) is 12.2 Å². The lowest BCUT2D eigenvalue weighted by Crippen LogP contribution is -2.25. The van der Waals surface area contributed by atoms with Crippen LogP contribution in [0.3, 0.4) is 0 Å². The maximum absolute atomic E-state index is 11.1. The number of H-pyrrole nitrogens is 2. The zero-order valence-electron chi connectivity index (χ0n) is 6.39. The zero-order valence-corrected chi connectivity index (χ0v) is 6.39. The second-order valence-corrected chi connectivity index (χ2v) is 2.14. The lowest BCUT2D eigenvalue weighted by molar-refractivity contribution is 1.02. The van der Waals surface area contributed by atoms with Crippen LogP contribution in [0.5, 0.6) is 0 Å². The summed E-state index contributed by atoms with van der Waals surface area (Å²) in [5.41, 5.74) is -0.285. The fourth-order valence-electron chi connectivity index (χ4n) is 0.877. The van der Waals surface area contributed by atoms with E-state index < -0.39 is 11.2 Å². The van der Waals surface area contributed by atoms with Crippen LogP contribution >= 0.6 is 0 Å². The van der Waals surface area contributed by atoms with Gasteiger partial charge in [-0.1, -0.05) is 19.2 Å². The Balaban J connectivity index is 3.66. The summed E-state index contributed by atoms with van der Waals surface area (Å²) in [6, 6.07) is 0. The van der Waals surface area contributed by atoms with Crippen molar-refractivity contribution in [3.8, 4) is 0 Å². The van der Waals surface area contributed by atoms with Gasteiger partial charge in [-0.3, -0.25) is 9.78 Å². The highest BCUT2D eigenvalue weighted by Gasteiger charge is 2.00. The Labute approximate surface area is 68.3 Å². The molecule has 1 aromatic heterocycles. The molecule has 0 aliphatic carbocycles. The second kappa shape index (κ2) is 3.04. The average molecular weight is 164 g/mol. The van der Waals surface area contributed by atoms with E-state index in [0.717, 1.165) is 0 Å². The maximum atomic E-state index is 11.1. The Bertz CT molecular complexity index is 425. The van der Waals surface area contributed by atoms with Crippen LogP contribution < -0.4 is 11.2 Å². The van der Waals surface area contributed by atoms with E-state index in [9.17, 15) is 9.59 Å². The molecule has 0 saturated carbocycles. The second-order valence-electron chi connectivity index (χ2n) is 2.14. The van der Waals surface area contributed by atoms with Crippen molar-refractivity contribution in [2.75, 3.05) is 0 Å². The number of aromatic amines is 2. The zero-order chi connectivity index (χ0) is 9.14. The molecule has 1 aromatic rings. The van der Waals surface area contributed by atoms with Crippen molar-refractivity contribution >= 4 is 12.2 Å². The van der Waals surface area contributed by atoms with E-state index in [1.54, 1.807) is 0 Å². The van der Waals surface area contributed by atoms with Gasteiger partial charge in [-0.15, -0.1) is 0 Å². The number of nitrogens with one attached hydrogen (secondary N) is 2. The predicted molar refractivity (Wildman–Crippen MR) is 47.9 cm³/mol. The minimum Gasteiger partial charge on any atom is -0.307 e. The Kier molecular flexibility index (Phi) is 2.09. The van der Waals surface area contributed by atoms with Gasteiger partial charge < -0.3 is 4.98 Å². The number of hydrogen-bond acceptors (Lipinski definition) is 2. The molecule has 0 amide bonds. The third-order valence-electron chi connectivity index (χ3n) is 1.42. The first-order valence-corrected chi connectivity index (χ1v) is 3.30. The molecule has 0 radical (unpaired) electrons. The third kappa shape index (κ3) is 1.27. The van der Waals surface area contributed by atoms with Crippen LogP contribution in [-0.4, -0.2) is 9.97 Å². The molecule has 0 aromatic carbocycles. The van der Waals surface area contributed by atoms with Gasteiger partial charge >= 0.3 is 5.69 Å². The summed E-state index contributed by atoms with van der Waals surface area (Å²) in [6.07, 6.45) is 2.76. The normalized spacial score (nSPS) is 9.33. The molecule has 0 bridgehead atoms. The van der Waals surface area contributed by atoms with Gasteiger partial charge in [0, 0.05) is 0 Å². The van der Waals surface area contributed by atoms with Crippen molar-refractivity contribution in [2.45, 2.75) is 0 Å². The molecule has 12 heavy (non-hydrogen) atoms. The van der Waals surface area contributed by atoms with Crippen molar-refractivity contribution in [1.82, 2.24) is 9.97 Å². The quantitative estimate of drug-likeness (QED) is 0.662. The van der Waals surface area contributed by atoms with Crippen molar-refractivity contribution in [3.63, 3.8) is 0 Å². The number of hydrogen-bond donors (Lipinski definition) is 2. The molecule has 4 heteroatoms. The highest BCUT2D eigenvalue weighted by molar-refractivity contribution is 5.58. The van der Waals surface area contributed by atoms with E-state index in [0.29, 0.717) is 11.3 Å². The molecule has 4 nitrogen and oxygen atoms in total. The van der Waals surface area contributed by atoms with Crippen molar-refractivity contribution in [3.05, 3.63) is 45.3 Å². The van der Waals surface area contributed by atoms with Gasteiger partial charge in [-0.2, -0.15) is 0 Å². The molecule has 2 N–H and O–H groups in total. The minimum absolute atomic E-state index is 0.324. The van der Waals surface area contributed by atoms with Gasteiger partial charge in [0.15, 0.2) is 0 Å². The van der Waals surface area contributed by atoms with E-state index in [1.807, 2.05) is 0 Å². The van der Waals surface area contributed by atoms with Gasteiger partial charge in [0.2, 0.25) is 0 Å². The molecule has 0 aliphatic heterocycles. The molecule has 0 fully saturated rings. The summed E-state index contributed by atoms with van der Waals surface area (Å²) < 4.78 is 0. The summed E-state index contributed by atoms with van der Waals surface area (Å²) in [5, 5.41) is 0. The summed E-state index contributed by atoms with van der Waals surface area (Å²) in [4.78, 5) is 26.3. The molecule has 0 atom stereocenters. The first-order valence-electron chi connectivity index (χ1n) is 3.30. The smallest absolute Gasteiger partial charge is 0.307 e. The predicted octanol–water partition coefficient (Wildman–Crippen LogP) is 0.349. The molecule has 0 unspecified atom stereocenters.